The number of anilines is 2. The van der Waals surface area contributed by atoms with Gasteiger partial charge in [0, 0.05) is 18.7 Å². The number of hydrogen-bond donors (Lipinski definition) is 2. The van der Waals surface area contributed by atoms with Gasteiger partial charge < -0.3 is 24.8 Å². The number of halogens is 1. The van der Waals surface area contributed by atoms with E-state index in [9.17, 15) is 9.59 Å². The van der Waals surface area contributed by atoms with Crippen LogP contribution in [0.3, 0.4) is 0 Å². The van der Waals surface area contributed by atoms with E-state index in [1.807, 2.05) is 0 Å². The molecule has 2 aromatic carbocycles. The largest absolute Gasteiger partial charge is 0.493 e. The molecule has 3 rings (SSSR count). The maximum Gasteiger partial charge on any atom is 0.248 e. The Morgan fingerprint density at radius 2 is 1.93 bits per heavy atom. The van der Waals surface area contributed by atoms with Crippen molar-refractivity contribution in [3.63, 3.8) is 0 Å². The predicted octanol–water partition coefficient (Wildman–Crippen LogP) is 3.73. The molecule has 2 N–H and O–H groups in total. The number of ether oxygens (including phenoxy) is 3. The third kappa shape index (κ3) is 4.75. The highest BCUT2D eigenvalue weighted by molar-refractivity contribution is 6.34. The maximum absolute atomic E-state index is 12.2. The molecule has 0 fully saturated rings. The van der Waals surface area contributed by atoms with Crippen molar-refractivity contribution < 1.29 is 23.8 Å². The van der Waals surface area contributed by atoms with Crippen molar-refractivity contribution >= 4 is 40.9 Å². The summed E-state index contributed by atoms with van der Waals surface area (Å²) in [4.78, 5) is 23.3. The molecule has 0 atom stereocenters. The molecule has 28 heavy (non-hydrogen) atoms. The van der Waals surface area contributed by atoms with Crippen LogP contribution >= 0.6 is 11.6 Å². The second kappa shape index (κ2) is 8.67. The van der Waals surface area contributed by atoms with Gasteiger partial charge in [-0.2, -0.15) is 0 Å². The highest BCUT2D eigenvalue weighted by Gasteiger charge is 2.17. The van der Waals surface area contributed by atoms with E-state index in [1.165, 1.54) is 13.0 Å². The maximum atomic E-state index is 12.2. The fourth-order valence-electron chi connectivity index (χ4n) is 2.63. The van der Waals surface area contributed by atoms with E-state index in [2.05, 4.69) is 10.6 Å². The Hall–Kier alpha value is -3.19. The quantitative estimate of drug-likeness (QED) is 0.744. The summed E-state index contributed by atoms with van der Waals surface area (Å²) in [6.07, 6.45) is 3.03. The zero-order valence-electron chi connectivity index (χ0n) is 15.4. The van der Waals surface area contributed by atoms with E-state index in [1.54, 1.807) is 43.5 Å². The van der Waals surface area contributed by atoms with E-state index >= 15 is 0 Å². The van der Waals surface area contributed by atoms with E-state index < -0.39 is 0 Å². The Morgan fingerprint density at radius 1 is 1.14 bits per heavy atom. The van der Waals surface area contributed by atoms with Crippen molar-refractivity contribution in [1.29, 1.82) is 0 Å². The second-order valence-electron chi connectivity index (χ2n) is 5.95. The number of carbonyl (C=O) groups is 2. The molecule has 8 heteroatoms. The normalized spacial score (nSPS) is 12.5. The number of rotatable bonds is 5. The number of amides is 2. The second-order valence-corrected chi connectivity index (χ2v) is 6.35. The van der Waals surface area contributed by atoms with Crippen LogP contribution in [0.2, 0.25) is 5.02 Å². The van der Waals surface area contributed by atoms with Gasteiger partial charge in [-0.3, -0.25) is 9.59 Å². The summed E-state index contributed by atoms with van der Waals surface area (Å²) < 4.78 is 16.5. The monoisotopic (exact) mass is 402 g/mol. The Balaban J connectivity index is 1.70. The molecule has 0 bridgehead atoms. The molecule has 146 valence electrons. The Labute approximate surface area is 167 Å². The number of carbonyl (C=O) groups excluding carboxylic acids is 2. The third-order valence-electron chi connectivity index (χ3n) is 3.82. The predicted molar refractivity (Wildman–Crippen MR) is 107 cm³/mol. The first-order chi connectivity index (χ1) is 13.5. The Morgan fingerprint density at radius 3 is 2.64 bits per heavy atom. The van der Waals surface area contributed by atoms with Crippen LogP contribution in [0.25, 0.3) is 6.08 Å². The van der Waals surface area contributed by atoms with Crippen molar-refractivity contribution in [2.75, 3.05) is 31.0 Å². The summed E-state index contributed by atoms with van der Waals surface area (Å²) in [7, 11) is 1.54. The summed E-state index contributed by atoms with van der Waals surface area (Å²) >= 11 is 6.11. The van der Waals surface area contributed by atoms with Gasteiger partial charge in [-0.15, -0.1) is 0 Å². The van der Waals surface area contributed by atoms with Gasteiger partial charge in [0.15, 0.2) is 11.5 Å². The standard InChI is InChI=1S/C20H19ClN2O5/c1-12(24)22-16-5-4-14(11-15(16)21)23-19(25)6-3-13-9-17(26-2)20-18(10-13)27-7-8-28-20/h3-6,9-11H,7-8H2,1-2H3,(H,22,24)(H,23,25)/b6-3+. The number of hydrogen-bond acceptors (Lipinski definition) is 5. The Bertz CT molecular complexity index is 925. The number of fused-ring (bicyclic) bond motifs is 1. The summed E-state index contributed by atoms with van der Waals surface area (Å²) in [5, 5.41) is 5.65. The van der Waals surface area contributed by atoms with Crippen LogP contribution in [0.15, 0.2) is 36.4 Å². The van der Waals surface area contributed by atoms with Crippen LogP contribution in [0.1, 0.15) is 12.5 Å². The fourth-order valence-corrected chi connectivity index (χ4v) is 2.86. The molecule has 0 spiro atoms. The lowest BCUT2D eigenvalue weighted by molar-refractivity contribution is -0.114. The topological polar surface area (TPSA) is 85.9 Å². The number of nitrogens with one attached hydrogen (secondary N) is 2. The van der Waals surface area contributed by atoms with Crippen LogP contribution in [0.4, 0.5) is 11.4 Å². The number of benzene rings is 2. The average molecular weight is 403 g/mol. The van der Waals surface area contributed by atoms with Crippen molar-refractivity contribution in [2.24, 2.45) is 0 Å². The summed E-state index contributed by atoms with van der Waals surface area (Å²) in [5.74, 6) is 1.11. The van der Waals surface area contributed by atoms with Gasteiger partial charge in [0.05, 0.1) is 17.8 Å². The minimum atomic E-state index is -0.336. The molecule has 0 saturated heterocycles. The van der Waals surface area contributed by atoms with Gasteiger partial charge in [0.25, 0.3) is 0 Å². The lowest BCUT2D eigenvalue weighted by Crippen LogP contribution is -2.16. The molecule has 0 saturated carbocycles. The summed E-state index contributed by atoms with van der Waals surface area (Å²) in [5.41, 5.74) is 1.72. The lowest BCUT2D eigenvalue weighted by Gasteiger charge is -2.20. The number of methoxy groups -OCH3 is 1. The molecule has 0 aliphatic carbocycles. The molecule has 0 unspecified atom stereocenters. The molecule has 7 nitrogen and oxygen atoms in total. The smallest absolute Gasteiger partial charge is 0.248 e. The minimum absolute atomic E-state index is 0.225. The van der Waals surface area contributed by atoms with Gasteiger partial charge in [-0.1, -0.05) is 11.6 Å². The molecule has 0 aromatic heterocycles. The van der Waals surface area contributed by atoms with Gasteiger partial charge in [0.1, 0.15) is 13.2 Å². The zero-order chi connectivity index (χ0) is 20.1. The molecule has 1 aliphatic heterocycles. The highest BCUT2D eigenvalue weighted by atomic mass is 35.5. The van der Waals surface area contributed by atoms with Crippen molar-refractivity contribution in [2.45, 2.75) is 6.92 Å². The van der Waals surface area contributed by atoms with E-state index in [0.717, 1.165) is 5.56 Å². The first-order valence-corrected chi connectivity index (χ1v) is 8.88. The van der Waals surface area contributed by atoms with E-state index in [0.29, 0.717) is 46.9 Å². The minimum Gasteiger partial charge on any atom is -0.493 e. The van der Waals surface area contributed by atoms with Crippen molar-refractivity contribution in [1.82, 2.24) is 0 Å². The van der Waals surface area contributed by atoms with Crippen LogP contribution < -0.4 is 24.8 Å². The zero-order valence-corrected chi connectivity index (χ0v) is 16.1. The summed E-state index contributed by atoms with van der Waals surface area (Å²) in [6.45, 7) is 2.31. The van der Waals surface area contributed by atoms with Crippen LogP contribution in [0.5, 0.6) is 17.2 Å². The molecule has 1 aliphatic rings. The SMILES string of the molecule is COc1cc(/C=C/C(=O)Nc2ccc(NC(C)=O)c(Cl)c2)cc2c1OCCO2. The van der Waals surface area contributed by atoms with Gasteiger partial charge in [-0.25, -0.2) is 0 Å². The van der Waals surface area contributed by atoms with E-state index in [4.69, 9.17) is 25.8 Å². The average Bonchev–Trinajstić information content (AvgIpc) is 2.67. The van der Waals surface area contributed by atoms with Gasteiger partial charge in [0.2, 0.25) is 17.6 Å². The molecule has 1 heterocycles. The van der Waals surface area contributed by atoms with E-state index in [-0.39, 0.29) is 11.8 Å². The fraction of sp³-hybridized carbons (Fsp3) is 0.200. The van der Waals surface area contributed by atoms with Crippen molar-refractivity contribution in [3.8, 4) is 17.2 Å². The first-order valence-electron chi connectivity index (χ1n) is 8.50. The molecule has 2 amide bonds. The molecule has 0 radical (unpaired) electrons. The van der Waals surface area contributed by atoms with Crippen molar-refractivity contribution in [3.05, 3.63) is 47.0 Å². The molecular formula is C20H19ClN2O5. The van der Waals surface area contributed by atoms with Crippen LogP contribution in [-0.2, 0) is 9.59 Å². The Kier molecular flexibility index (Phi) is 6.06. The van der Waals surface area contributed by atoms with Gasteiger partial charge >= 0.3 is 0 Å². The van der Waals surface area contributed by atoms with Crippen LogP contribution in [0, 0.1) is 0 Å². The third-order valence-corrected chi connectivity index (χ3v) is 4.14. The first kappa shape index (κ1) is 19.6. The lowest BCUT2D eigenvalue weighted by atomic mass is 10.1. The highest BCUT2D eigenvalue weighted by Crippen LogP contribution is 2.40. The molecule has 2 aromatic rings. The summed E-state index contributed by atoms with van der Waals surface area (Å²) in [6, 6.07) is 8.37. The molecular weight excluding hydrogens is 384 g/mol. The van der Waals surface area contributed by atoms with Gasteiger partial charge in [-0.05, 0) is 42.0 Å². The van der Waals surface area contributed by atoms with Crippen LogP contribution in [-0.4, -0.2) is 32.1 Å².